The Hall–Kier alpha value is -3.41. The van der Waals surface area contributed by atoms with E-state index in [2.05, 4.69) is 5.32 Å². The van der Waals surface area contributed by atoms with E-state index >= 15 is 0 Å². The molecule has 0 bridgehead atoms. The number of anilines is 1. The molecule has 0 saturated heterocycles. The molecular formula is C22H22N2O4. The number of para-hydroxylation sites is 1. The van der Waals surface area contributed by atoms with E-state index in [0.29, 0.717) is 16.6 Å². The Kier molecular flexibility index (Phi) is 5.31. The Morgan fingerprint density at radius 3 is 2.32 bits per heavy atom. The van der Waals surface area contributed by atoms with Gasteiger partial charge in [0.25, 0.3) is 11.5 Å². The van der Waals surface area contributed by atoms with Crippen molar-refractivity contribution in [1.82, 2.24) is 4.57 Å². The number of benzene rings is 2. The van der Waals surface area contributed by atoms with Gasteiger partial charge in [0.05, 0.1) is 11.4 Å². The van der Waals surface area contributed by atoms with Crippen LogP contribution in [0.25, 0.3) is 10.9 Å². The van der Waals surface area contributed by atoms with Gasteiger partial charge in [-0.25, -0.2) is 0 Å². The van der Waals surface area contributed by atoms with Crippen molar-refractivity contribution in [2.24, 2.45) is 13.0 Å². The second kappa shape index (κ2) is 7.68. The van der Waals surface area contributed by atoms with Crippen molar-refractivity contribution in [1.29, 1.82) is 0 Å². The van der Waals surface area contributed by atoms with E-state index in [1.165, 1.54) is 4.57 Å². The molecule has 0 fully saturated rings. The maximum absolute atomic E-state index is 13.0. The number of aryl methyl sites for hydroxylation is 2. The van der Waals surface area contributed by atoms with Crippen molar-refractivity contribution in [3.05, 3.63) is 70.0 Å². The van der Waals surface area contributed by atoms with E-state index in [1.807, 2.05) is 19.1 Å². The molecule has 0 unspecified atom stereocenters. The first kappa shape index (κ1) is 19.4. The summed E-state index contributed by atoms with van der Waals surface area (Å²) in [7, 11) is 1.58. The van der Waals surface area contributed by atoms with Crippen molar-refractivity contribution < 1.29 is 14.3 Å². The number of rotatable bonds is 4. The molecule has 0 radical (unpaired) electrons. The Bertz CT molecular complexity index is 1110. The first-order valence-corrected chi connectivity index (χ1v) is 9.01. The van der Waals surface area contributed by atoms with Crippen LogP contribution >= 0.6 is 0 Å². The third kappa shape index (κ3) is 3.67. The summed E-state index contributed by atoms with van der Waals surface area (Å²) < 4.78 is 6.90. The van der Waals surface area contributed by atoms with Crippen LogP contribution < -0.4 is 15.6 Å². The Morgan fingerprint density at radius 2 is 1.68 bits per heavy atom. The van der Waals surface area contributed by atoms with Crippen LogP contribution in [0.1, 0.15) is 29.8 Å². The molecule has 0 aliphatic carbocycles. The maximum Gasteiger partial charge on any atom is 0.313 e. The largest absolute Gasteiger partial charge is 0.425 e. The lowest BCUT2D eigenvalue weighted by Crippen LogP contribution is -2.30. The third-order valence-corrected chi connectivity index (χ3v) is 4.47. The predicted molar refractivity (Wildman–Crippen MR) is 109 cm³/mol. The van der Waals surface area contributed by atoms with Gasteiger partial charge in [0.15, 0.2) is 5.75 Å². The summed E-state index contributed by atoms with van der Waals surface area (Å²) in [6, 6.07) is 14.2. The Morgan fingerprint density at radius 1 is 1.04 bits per heavy atom. The lowest BCUT2D eigenvalue weighted by atomic mass is 10.1. The highest BCUT2D eigenvalue weighted by molar-refractivity contribution is 6.09. The minimum absolute atomic E-state index is 0.0120. The van der Waals surface area contributed by atoms with Crippen molar-refractivity contribution in [2.45, 2.75) is 20.8 Å². The summed E-state index contributed by atoms with van der Waals surface area (Å²) in [5, 5.41) is 3.24. The summed E-state index contributed by atoms with van der Waals surface area (Å²) in [6.45, 7) is 5.32. The smallest absolute Gasteiger partial charge is 0.313 e. The number of esters is 1. The SMILES string of the molecule is Cc1ccc(NC(=O)c2c(OC(=O)C(C)C)c3ccccc3n(C)c2=O)cc1. The first-order chi connectivity index (χ1) is 13.3. The van der Waals surface area contributed by atoms with Crippen LogP contribution in [-0.4, -0.2) is 16.4 Å². The summed E-state index contributed by atoms with van der Waals surface area (Å²) in [4.78, 5) is 38.2. The molecule has 3 aromatic rings. The lowest BCUT2D eigenvalue weighted by molar-refractivity contribution is -0.137. The van der Waals surface area contributed by atoms with E-state index < -0.39 is 23.4 Å². The van der Waals surface area contributed by atoms with Gasteiger partial charge in [0, 0.05) is 18.1 Å². The predicted octanol–water partition coefficient (Wildman–Crippen LogP) is 3.66. The fourth-order valence-corrected chi connectivity index (χ4v) is 2.82. The van der Waals surface area contributed by atoms with Crippen molar-refractivity contribution in [3.63, 3.8) is 0 Å². The number of ether oxygens (including phenoxy) is 1. The molecule has 1 aromatic heterocycles. The van der Waals surface area contributed by atoms with Crippen molar-refractivity contribution in [3.8, 4) is 5.75 Å². The van der Waals surface area contributed by atoms with E-state index in [1.54, 1.807) is 57.3 Å². The van der Waals surface area contributed by atoms with Crippen LogP contribution in [0.3, 0.4) is 0 Å². The molecule has 1 amide bonds. The zero-order valence-electron chi connectivity index (χ0n) is 16.3. The molecule has 0 saturated carbocycles. The number of aromatic nitrogens is 1. The molecule has 144 valence electrons. The van der Waals surface area contributed by atoms with E-state index in [4.69, 9.17) is 4.74 Å². The number of hydrogen-bond acceptors (Lipinski definition) is 4. The Labute approximate surface area is 162 Å². The zero-order valence-corrected chi connectivity index (χ0v) is 16.3. The average molecular weight is 378 g/mol. The van der Waals surface area contributed by atoms with E-state index in [0.717, 1.165) is 5.56 Å². The minimum Gasteiger partial charge on any atom is -0.425 e. The van der Waals surface area contributed by atoms with Crippen LogP contribution in [0.4, 0.5) is 5.69 Å². The van der Waals surface area contributed by atoms with Crippen LogP contribution in [0.2, 0.25) is 0 Å². The molecule has 0 aliphatic rings. The number of carbonyl (C=O) groups excluding carboxylic acids is 2. The maximum atomic E-state index is 13.0. The molecule has 28 heavy (non-hydrogen) atoms. The normalized spacial score (nSPS) is 10.9. The van der Waals surface area contributed by atoms with Gasteiger partial charge in [0.1, 0.15) is 5.56 Å². The standard InChI is InChI=1S/C22H22N2O4/c1-13(2)22(27)28-19-16-7-5-6-8-17(16)24(4)21(26)18(19)20(25)23-15-11-9-14(3)10-12-15/h5-13H,1-4H3,(H,23,25). The first-order valence-electron chi connectivity index (χ1n) is 9.01. The van der Waals surface area contributed by atoms with Gasteiger partial charge in [-0.05, 0) is 31.2 Å². The number of amides is 1. The fraction of sp³-hybridized carbons (Fsp3) is 0.227. The minimum atomic E-state index is -0.623. The zero-order chi connectivity index (χ0) is 20.4. The molecule has 2 aromatic carbocycles. The van der Waals surface area contributed by atoms with Gasteiger partial charge >= 0.3 is 5.97 Å². The van der Waals surface area contributed by atoms with Gasteiger partial charge in [-0.15, -0.1) is 0 Å². The molecule has 6 nitrogen and oxygen atoms in total. The molecule has 6 heteroatoms. The highest BCUT2D eigenvalue weighted by Gasteiger charge is 2.25. The summed E-state index contributed by atoms with van der Waals surface area (Å²) in [5.41, 5.74) is 1.44. The van der Waals surface area contributed by atoms with E-state index in [9.17, 15) is 14.4 Å². The summed E-state index contributed by atoms with van der Waals surface area (Å²) in [6.07, 6.45) is 0. The molecule has 3 rings (SSSR count). The number of hydrogen-bond donors (Lipinski definition) is 1. The molecule has 1 N–H and O–H groups in total. The highest BCUT2D eigenvalue weighted by atomic mass is 16.5. The molecule has 1 heterocycles. The van der Waals surface area contributed by atoms with Gasteiger partial charge in [-0.1, -0.05) is 43.7 Å². The highest BCUT2D eigenvalue weighted by Crippen LogP contribution is 2.28. The molecular weight excluding hydrogens is 356 g/mol. The summed E-state index contributed by atoms with van der Waals surface area (Å²) in [5.74, 6) is -1.55. The number of fused-ring (bicyclic) bond motifs is 1. The number of nitrogens with one attached hydrogen (secondary N) is 1. The van der Waals surface area contributed by atoms with Crippen LogP contribution in [0.5, 0.6) is 5.75 Å². The van der Waals surface area contributed by atoms with Crippen LogP contribution in [0, 0.1) is 12.8 Å². The average Bonchev–Trinajstić information content (AvgIpc) is 2.67. The fourth-order valence-electron chi connectivity index (χ4n) is 2.82. The van der Waals surface area contributed by atoms with E-state index in [-0.39, 0.29) is 11.3 Å². The van der Waals surface area contributed by atoms with Crippen molar-refractivity contribution >= 4 is 28.5 Å². The Balaban J connectivity index is 2.17. The molecule has 0 spiro atoms. The van der Waals surface area contributed by atoms with Crippen LogP contribution in [0.15, 0.2) is 53.3 Å². The van der Waals surface area contributed by atoms with Gasteiger partial charge in [0.2, 0.25) is 0 Å². The molecule has 0 aliphatic heterocycles. The van der Waals surface area contributed by atoms with Crippen LogP contribution in [-0.2, 0) is 11.8 Å². The summed E-state index contributed by atoms with van der Waals surface area (Å²) >= 11 is 0. The quantitative estimate of drug-likeness (QED) is 0.703. The van der Waals surface area contributed by atoms with Gasteiger partial charge in [-0.3, -0.25) is 14.4 Å². The third-order valence-electron chi connectivity index (χ3n) is 4.47. The number of pyridine rings is 1. The van der Waals surface area contributed by atoms with Crippen molar-refractivity contribution in [2.75, 3.05) is 5.32 Å². The topological polar surface area (TPSA) is 77.4 Å². The van der Waals surface area contributed by atoms with Gasteiger partial charge in [-0.2, -0.15) is 0 Å². The van der Waals surface area contributed by atoms with Gasteiger partial charge < -0.3 is 14.6 Å². The second-order valence-electron chi connectivity index (χ2n) is 6.98. The molecule has 0 atom stereocenters. The lowest BCUT2D eigenvalue weighted by Gasteiger charge is -2.16. The number of nitrogens with zero attached hydrogens (tertiary/aromatic N) is 1. The number of carbonyl (C=O) groups is 2. The monoisotopic (exact) mass is 378 g/mol. The second-order valence-corrected chi connectivity index (χ2v) is 6.98.